The monoisotopic (exact) mass is 551 g/mol. The molecule has 7 heteroatoms. The highest BCUT2D eigenvalue weighted by Crippen LogP contribution is 2.29. The molecule has 0 bridgehead atoms. The number of hydrogen-bond acceptors (Lipinski definition) is 4. The Morgan fingerprint density at radius 2 is 1.35 bits per heavy atom. The lowest BCUT2D eigenvalue weighted by Crippen LogP contribution is -2.35. The van der Waals surface area contributed by atoms with Crippen molar-refractivity contribution in [1.82, 2.24) is 13.9 Å². The first-order chi connectivity index (χ1) is 19.0. The SMILES string of the molecule is CC(c1nc2ccccc2c(=O)n1-c1ccc(-c2ccccc2)cc1)N(C)S(=O)(=O)c1ccc(C(C)(C)C)cc1. The second-order valence-electron chi connectivity index (χ2n) is 11.0. The van der Waals surface area contributed by atoms with E-state index in [4.69, 9.17) is 4.98 Å². The van der Waals surface area contributed by atoms with Crippen molar-refractivity contribution < 1.29 is 8.42 Å². The smallest absolute Gasteiger partial charge is 0.266 e. The standard InChI is InChI=1S/C33H33N3O3S/c1-23(35(5)40(38,39)28-21-17-26(18-22-28)33(2,3)4)31-34-30-14-10-9-13-29(30)32(37)36(31)27-19-15-25(16-20-27)24-11-7-6-8-12-24/h6-23H,1-5H3. The number of nitrogens with zero attached hydrogens (tertiary/aromatic N) is 3. The zero-order valence-corrected chi connectivity index (χ0v) is 24.2. The molecule has 0 aliphatic carbocycles. The van der Waals surface area contributed by atoms with Crippen molar-refractivity contribution in [3.63, 3.8) is 0 Å². The van der Waals surface area contributed by atoms with E-state index in [0.29, 0.717) is 22.4 Å². The summed E-state index contributed by atoms with van der Waals surface area (Å²) in [5.41, 5.74) is 3.92. The Balaban J connectivity index is 1.60. The van der Waals surface area contributed by atoms with Gasteiger partial charge in [0.05, 0.1) is 27.5 Å². The third-order valence-corrected chi connectivity index (χ3v) is 9.29. The van der Waals surface area contributed by atoms with E-state index in [-0.39, 0.29) is 15.9 Å². The van der Waals surface area contributed by atoms with Crippen molar-refractivity contribution in [1.29, 1.82) is 0 Å². The van der Waals surface area contributed by atoms with Gasteiger partial charge in [0.25, 0.3) is 5.56 Å². The van der Waals surface area contributed by atoms with Crippen LogP contribution >= 0.6 is 0 Å². The molecule has 5 rings (SSSR count). The zero-order valence-electron chi connectivity index (χ0n) is 23.4. The number of sulfonamides is 1. The zero-order chi connectivity index (χ0) is 28.7. The minimum Gasteiger partial charge on any atom is -0.268 e. The van der Waals surface area contributed by atoms with E-state index in [9.17, 15) is 13.2 Å². The van der Waals surface area contributed by atoms with E-state index in [0.717, 1.165) is 16.7 Å². The molecular weight excluding hydrogens is 518 g/mol. The molecule has 1 heterocycles. The van der Waals surface area contributed by atoms with Crippen LogP contribution in [0.15, 0.2) is 113 Å². The molecule has 0 N–H and O–H groups in total. The molecule has 0 aliphatic rings. The van der Waals surface area contributed by atoms with Gasteiger partial charge in [0.2, 0.25) is 10.0 Å². The largest absolute Gasteiger partial charge is 0.268 e. The fraction of sp³-hybridized carbons (Fsp3) is 0.212. The number of hydrogen-bond donors (Lipinski definition) is 0. The number of fused-ring (bicyclic) bond motifs is 1. The number of benzene rings is 4. The molecule has 0 saturated heterocycles. The maximum atomic E-state index is 13.8. The maximum Gasteiger partial charge on any atom is 0.266 e. The van der Waals surface area contributed by atoms with Crippen LogP contribution in [-0.2, 0) is 15.4 Å². The van der Waals surface area contributed by atoms with Gasteiger partial charge in [-0.2, -0.15) is 4.31 Å². The molecule has 0 saturated carbocycles. The Bertz CT molecular complexity index is 1820. The van der Waals surface area contributed by atoms with Crippen molar-refractivity contribution >= 4 is 20.9 Å². The summed E-state index contributed by atoms with van der Waals surface area (Å²) in [4.78, 5) is 18.9. The molecule has 0 spiro atoms. The number of para-hydroxylation sites is 1. The van der Waals surface area contributed by atoms with Gasteiger partial charge in [-0.15, -0.1) is 0 Å². The molecule has 6 nitrogen and oxygen atoms in total. The minimum absolute atomic E-state index is 0.0946. The Morgan fingerprint density at radius 1 is 0.775 bits per heavy atom. The predicted molar refractivity (Wildman–Crippen MR) is 161 cm³/mol. The van der Waals surface area contributed by atoms with Gasteiger partial charge in [-0.25, -0.2) is 13.4 Å². The Kier molecular flexibility index (Phi) is 7.21. The van der Waals surface area contributed by atoms with E-state index >= 15 is 0 Å². The summed E-state index contributed by atoms with van der Waals surface area (Å²) in [6.07, 6.45) is 0. The third kappa shape index (κ3) is 5.10. The van der Waals surface area contributed by atoms with Crippen molar-refractivity contribution in [3.8, 4) is 16.8 Å². The molecule has 4 aromatic carbocycles. The van der Waals surface area contributed by atoms with Gasteiger partial charge in [0.15, 0.2) is 0 Å². The van der Waals surface area contributed by atoms with Crippen molar-refractivity contribution in [2.45, 2.75) is 44.0 Å². The summed E-state index contributed by atoms with van der Waals surface area (Å²) in [6, 6.07) is 31.0. The molecule has 1 atom stereocenters. The highest BCUT2D eigenvalue weighted by atomic mass is 32.2. The first-order valence-corrected chi connectivity index (χ1v) is 14.7. The molecule has 1 aromatic heterocycles. The Morgan fingerprint density at radius 3 is 1.98 bits per heavy atom. The molecule has 1 unspecified atom stereocenters. The molecule has 0 aliphatic heterocycles. The summed E-state index contributed by atoms with van der Waals surface area (Å²) >= 11 is 0. The van der Waals surface area contributed by atoms with Gasteiger partial charge in [-0.3, -0.25) is 9.36 Å². The van der Waals surface area contributed by atoms with E-state index in [2.05, 4.69) is 20.8 Å². The van der Waals surface area contributed by atoms with Crippen LogP contribution in [0.1, 0.15) is 45.1 Å². The molecule has 204 valence electrons. The second-order valence-corrected chi connectivity index (χ2v) is 13.0. The van der Waals surface area contributed by atoms with Crippen molar-refractivity contribution in [3.05, 3.63) is 125 Å². The highest BCUT2D eigenvalue weighted by Gasteiger charge is 2.30. The van der Waals surface area contributed by atoms with Crippen LogP contribution in [0.4, 0.5) is 0 Å². The first-order valence-electron chi connectivity index (χ1n) is 13.2. The molecule has 5 aromatic rings. The number of rotatable bonds is 6. The van der Waals surface area contributed by atoms with Crippen LogP contribution in [0.25, 0.3) is 27.7 Å². The normalized spacial score (nSPS) is 13.1. The maximum absolute atomic E-state index is 13.8. The topological polar surface area (TPSA) is 72.3 Å². The third-order valence-electron chi connectivity index (χ3n) is 7.35. The van der Waals surface area contributed by atoms with E-state index in [1.54, 1.807) is 37.3 Å². The van der Waals surface area contributed by atoms with E-state index < -0.39 is 16.1 Å². The minimum atomic E-state index is -3.88. The second kappa shape index (κ2) is 10.5. The van der Waals surface area contributed by atoms with E-state index in [1.807, 2.05) is 72.8 Å². The predicted octanol–water partition coefficient (Wildman–Crippen LogP) is 6.73. The average molecular weight is 552 g/mol. The first kappa shape index (κ1) is 27.5. The lowest BCUT2D eigenvalue weighted by Gasteiger charge is -2.27. The van der Waals surface area contributed by atoms with Gasteiger partial charge < -0.3 is 0 Å². The van der Waals surface area contributed by atoms with Crippen LogP contribution in [0.3, 0.4) is 0 Å². The summed E-state index contributed by atoms with van der Waals surface area (Å²) < 4.78 is 30.2. The fourth-order valence-corrected chi connectivity index (χ4v) is 6.10. The Hall–Kier alpha value is -4.07. The van der Waals surface area contributed by atoms with Crippen LogP contribution in [-0.4, -0.2) is 29.3 Å². The van der Waals surface area contributed by atoms with Gasteiger partial charge in [-0.1, -0.05) is 87.5 Å². The molecule has 0 radical (unpaired) electrons. The van der Waals surface area contributed by atoms with Crippen LogP contribution in [0, 0.1) is 0 Å². The van der Waals surface area contributed by atoms with E-state index in [1.165, 1.54) is 15.9 Å². The molecule has 40 heavy (non-hydrogen) atoms. The van der Waals surface area contributed by atoms with Gasteiger partial charge in [0.1, 0.15) is 5.82 Å². The van der Waals surface area contributed by atoms with Crippen LogP contribution in [0.5, 0.6) is 0 Å². The summed E-state index contributed by atoms with van der Waals surface area (Å²) in [5.74, 6) is 0.341. The highest BCUT2D eigenvalue weighted by molar-refractivity contribution is 7.89. The molecular formula is C33H33N3O3S. The quantitative estimate of drug-likeness (QED) is 0.235. The van der Waals surface area contributed by atoms with Crippen LogP contribution < -0.4 is 5.56 Å². The van der Waals surface area contributed by atoms with Crippen LogP contribution in [0.2, 0.25) is 0 Å². The lowest BCUT2D eigenvalue weighted by atomic mass is 9.87. The summed E-state index contributed by atoms with van der Waals surface area (Å²) in [5, 5.41) is 0.467. The van der Waals surface area contributed by atoms with Crippen molar-refractivity contribution in [2.75, 3.05) is 7.05 Å². The average Bonchev–Trinajstić information content (AvgIpc) is 2.96. The summed E-state index contributed by atoms with van der Waals surface area (Å²) in [6.45, 7) is 8.01. The van der Waals surface area contributed by atoms with Gasteiger partial charge in [0, 0.05) is 7.05 Å². The molecule has 0 amide bonds. The fourth-order valence-electron chi connectivity index (χ4n) is 4.78. The summed E-state index contributed by atoms with van der Waals surface area (Å²) in [7, 11) is -2.35. The van der Waals surface area contributed by atoms with Gasteiger partial charge in [-0.05, 0) is 65.4 Å². The van der Waals surface area contributed by atoms with Gasteiger partial charge >= 0.3 is 0 Å². The Labute approximate surface area is 235 Å². The number of aromatic nitrogens is 2. The lowest BCUT2D eigenvalue weighted by molar-refractivity contribution is 0.379. The molecule has 0 fully saturated rings. The van der Waals surface area contributed by atoms with Crippen molar-refractivity contribution in [2.24, 2.45) is 0 Å².